The van der Waals surface area contributed by atoms with E-state index in [2.05, 4.69) is 0 Å². The van der Waals surface area contributed by atoms with E-state index in [9.17, 15) is 29.1 Å². The molecule has 2 aromatic heterocycles. The number of hydrogen-bond donors (Lipinski definition) is 1. The lowest BCUT2D eigenvalue weighted by Crippen LogP contribution is -2.40. The van der Waals surface area contributed by atoms with Gasteiger partial charge in [-0.05, 0) is 107 Å². The molecule has 1 atom stereocenters. The van der Waals surface area contributed by atoms with Gasteiger partial charge in [-0.15, -0.1) is 0 Å². The van der Waals surface area contributed by atoms with Crippen LogP contribution in [-0.4, -0.2) is 55.9 Å². The smallest absolute Gasteiger partial charge is 0.261 e. The average molecular weight is 835 g/mol. The van der Waals surface area contributed by atoms with Crippen LogP contribution in [0.3, 0.4) is 0 Å². The highest BCUT2D eigenvalue weighted by molar-refractivity contribution is 6.32. The maximum atomic E-state index is 14.4. The maximum absolute atomic E-state index is 14.4. The van der Waals surface area contributed by atoms with E-state index in [1.807, 2.05) is 155 Å². The molecule has 0 saturated carbocycles. The lowest BCUT2D eigenvalue weighted by Gasteiger charge is -2.36. The fourth-order valence-corrected chi connectivity index (χ4v) is 10.0. The number of para-hydroxylation sites is 4. The average Bonchev–Trinajstić information content (AvgIpc) is 3.34. The van der Waals surface area contributed by atoms with E-state index in [1.54, 1.807) is 12.1 Å². The Hall–Kier alpha value is -8.47. The van der Waals surface area contributed by atoms with Gasteiger partial charge in [-0.2, -0.15) is 0 Å². The number of hydrogen-bond acceptors (Lipinski definition) is 6. The van der Waals surface area contributed by atoms with Crippen molar-refractivity contribution < 1.29 is 19.5 Å². The molecule has 0 bridgehead atoms. The number of aromatic nitrogens is 2. The minimum absolute atomic E-state index is 0.0497. The van der Waals surface area contributed by atoms with Gasteiger partial charge in [0, 0.05) is 68.9 Å². The van der Waals surface area contributed by atoms with Crippen LogP contribution in [0.2, 0.25) is 0 Å². The zero-order valence-electron chi connectivity index (χ0n) is 34.4. The third-order valence-corrected chi connectivity index (χ3v) is 13.1. The molecule has 306 valence electrons. The lowest BCUT2D eigenvalue weighted by atomic mass is 9.79. The third kappa shape index (κ3) is 5.02. The summed E-state index contributed by atoms with van der Waals surface area (Å²) in [4.78, 5) is 72.4. The Morgan fingerprint density at radius 3 is 1.25 bits per heavy atom. The lowest BCUT2D eigenvalue weighted by molar-refractivity contribution is 0.0174. The van der Waals surface area contributed by atoms with Gasteiger partial charge in [0.15, 0.2) is 17.1 Å². The van der Waals surface area contributed by atoms with Crippen molar-refractivity contribution in [3.05, 3.63) is 200 Å². The second-order valence-electron chi connectivity index (χ2n) is 16.4. The fourth-order valence-electron chi connectivity index (χ4n) is 10.0. The van der Waals surface area contributed by atoms with Crippen molar-refractivity contribution in [2.45, 2.75) is 6.23 Å². The van der Waals surface area contributed by atoms with E-state index in [4.69, 9.17) is 0 Å². The molecule has 1 N–H and O–H groups in total. The van der Waals surface area contributed by atoms with Crippen molar-refractivity contribution in [2.75, 3.05) is 14.1 Å². The van der Waals surface area contributed by atoms with Gasteiger partial charge in [0.05, 0.1) is 33.2 Å². The molecule has 0 spiro atoms. The summed E-state index contributed by atoms with van der Waals surface area (Å²) in [6.07, 6.45) is -1.37. The molecule has 2 aliphatic heterocycles. The van der Waals surface area contributed by atoms with Crippen molar-refractivity contribution in [2.24, 2.45) is 0 Å². The number of aliphatic hydroxyl groups is 1. The SMILES string of the molecule is CN1C(=O)c2cc(-c3ccc(-n4c5ccccc5c(=O)c5ccccc54)cc3)c3c4c(cc(-c5ccc(-n6c7ccccc7c(=O)c7ccccc76)cc5)c(c24)C1=O)C(O)N(C)C3=O. The van der Waals surface area contributed by atoms with Crippen molar-refractivity contribution in [1.29, 1.82) is 0 Å². The second-order valence-corrected chi connectivity index (χ2v) is 16.4. The minimum Gasteiger partial charge on any atom is -0.369 e. The van der Waals surface area contributed by atoms with E-state index in [0.29, 0.717) is 60.1 Å². The molecule has 10 heteroatoms. The van der Waals surface area contributed by atoms with Gasteiger partial charge >= 0.3 is 0 Å². The molecule has 0 radical (unpaired) electrons. The molecule has 12 rings (SSSR count). The first-order chi connectivity index (χ1) is 31.1. The van der Waals surface area contributed by atoms with Crippen LogP contribution in [0.1, 0.15) is 42.9 Å². The molecule has 1 unspecified atom stereocenters. The van der Waals surface area contributed by atoms with E-state index >= 15 is 0 Å². The van der Waals surface area contributed by atoms with Gasteiger partial charge in [-0.25, -0.2) is 0 Å². The maximum Gasteiger partial charge on any atom is 0.261 e. The zero-order valence-corrected chi connectivity index (χ0v) is 34.4. The van der Waals surface area contributed by atoms with Crippen LogP contribution in [0, 0.1) is 0 Å². The minimum atomic E-state index is -1.37. The van der Waals surface area contributed by atoms with E-state index in [-0.39, 0.29) is 27.5 Å². The number of rotatable bonds is 4. The molecule has 2 aliphatic rings. The molecule has 64 heavy (non-hydrogen) atoms. The van der Waals surface area contributed by atoms with Gasteiger partial charge in [0.1, 0.15) is 0 Å². The number of amides is 3. The summed E-state index contributed by atoms with van der Waals surface area (Å²) in [6.45, 7) is 0. The number of fused-ring (bicyclic) bond motifs is 4. The summed E-state index contributed by atoms with van der Waals surface area (Å²) in [6, 6.07) is 48.6. The summed E-state index contributed by atoms with van der Waals surface area (Å²) < 4.78 is 4.07. The monoisotopic (exact) mass is 834 g/mol. The Labute approximate surface area is 363 Å². The Balaban J connectivity index is 1.06. The normalized spacial score (nSPS) is 14.8. The zero-order chi connectivity index (χ0) is 43.7. The van der Waals surface area contributed by atoms with Gasteiger partial charge in [-0.3, -0.25) is 28.9 Å². The van der Waals surface area contributed by atoms with Crippen molar-refractivity contribution in [1.82, 2.24) is 18.9 Å². The van der Waals surface area contributed by atoms with E-state index in [0.717, 1.165) is 38.3 Å². The van der Waals surface area contributed by atoms with Crippen molar-refractivity contribution >= 4 is 72.1 Å². The van der Waals surface area contributed by atoms with E-state index < -0.39 is 23.9 Å². The summed E-state index contributed by atoms with van der Waals surface area (Å²) in [7, 11) is 2.99. The highest BCUT2D eigenvalue weighted by Crippen LogP contribution is 2.48. The first-order valence-electron chi connectivity index (χ1n) is 20.8. The Bertz CT molecular complexity index is 3770. The molecular weight excluding hydrogens is 801 g/mol. The number of benzene rings is 8. The number of imide groups is 1. The quantitative estimate of drug-likeness (QED) is 0.139. The predicted octanol–water partition coefficient (Wildman–Crippen LogP) is 9.39. The van der Waals surface area contributed by atoms with Crippen LogP contribution < -0.4 is 10.9 Å². The first kappa shape index (κ1) is 37.3. The second kappa shape index (κ2) is 13.5. The number of carbonyl (C=O) groups is 3. The van der Waals surface area contributed by atoms with Crippen LogP contribution in [0.25, 0.3) is 88.0 Å². The van der Waals surface area contributed by atoms with Gasteiger partial charge < -0.3 is 19.1 Å². The molecule has 4 heterocycles. The molecule has 8 aromatic carbocycles. The standard InChI is InChI=1S/C54H34N4O6/c1-55-51(61)39-27-38(30-21-25-32(26-22-30)58-43-17-9-5-13-35(43)50(60)36-14-6-10-18-44(36)58)48-46-40(52(62)56(2)54(48)64)28-37(47(45(39)46)53(55)63)29-19-23-31(24-20-29)57-41-15-7-3-11-33(41)49(59)34-12-4-8-16-42(34)57/h3-28,51,61H,1-2H3. The van der Waals surface area contributed by atoms with Crippen LogP contribution in [0.4, 0.5) is 0 Å². The first-order valence-corrected chi connectivity index (χ1v) is 20.8. The van der Waals surface area contributed by atoms with Gasteiger partial charge in [0.25, 0.3) is 17.7 Å². The third-order valence-electron chi connectivity index (χ3n) is 13.1. The molecule has 0 saturated heterocycles. The molecule has 10 nitrogen and oxygen atoms in total. The van der Waals surface area contributed by atoms with Crippen LogP contribution >= 0.6 is 0 Å². The van der Waals surface area contributed by atoms with Gasteiger partial charge in [-0.1, -0.05) is 72.8 Å². The highest BCUT2D eigenvalue weighted by Gasteiger charge is 2.41. The molecule has 0 aliphatic carbocycles. The topological polar surface area (TPSA) is 122 Å². The largest absolute Gasteiger partial charge is 0.369 e. The van der Waals surface area contributed by atoms with Crippen molar-refractivity contribution in [3.63, 3.8) is 0 Å². The predicted molar refractivity (Wildman–Crippen MR) is 250 cm³/mol. The van der Waals surface area contributed by atoms with Crippen LogP contribution in [0.5, 0.6) is 0 Å². The van der Waals surface area contributed by atoms with E-state index in [1.165, 1.54) is 19.0 Å². The summed E-state index contributed by atoms with van der Waals surface area (Å²) >= 11 is 0. The molecule has 0 fully saturated rings. The number of pyridine rings is 2. The van der Waals surface area contributed by atoms with Crippen LogP contribution in [0.15, 0.2) is 167 Å². The summed E-state index contributed by atoms with van der Waals surface area (Å²) in [5.74, 6) is -1.50. The highest BCUT2D eigenvalue weighted by atomic mass is 16.3. The summed E-state index contributed by atoms with van der Waals surface area (Å²) in [5, 5.41) is 14.9. The Morgan fingerprint density at radius 1 is 0.422 bits per heavy atom. The van der Waals surface area contributed by atoms with Crippen molar-refractivity contribution in [3.8, 4) is 33.6 Å². The Morgan fingerprint density at radius 2 is 0.812 bits per heavy atom. The summed E-state index contributed by atoms with van der Waals surface area (Å²) in [5.41, 5.74) is 7.90. The molecular formula is C54H34N4O6. The number of aliphatic hydroxyl groups excluding tert-OH is 1. The Kier molecular flexibility index (Phi) is 7.88. The number of nitrogens with zero attached hydrogens (tertiary/aromatic N) is 4. The fraction of sp³-hybridized carbons (Fsp3) is 0.0556. The number of carbonyl (C=O) groups excluding carboxylic acids is 3. The van der Waals surface area contributed by atoms with Gasteiger partial charge in [0.2, 0.25) is 0 Å². The van der Waals surface area contributed by atoms with Crippen LogP contribution in [-0.2, 0) is 0 Å². The molecule has 3 amide bonds. The molecule has 10 aromatic rings.